The van der Waals surface area contributed by atoms with E-state index >= 15 is 0 Å². The highest BCUT2D eigenvalue weighted by Gasteiger charge is 2.22. The van der Waals surface area contributed by atoms with Gasteiger partial charge in [0, 0.05) is 12.0 Å². The van der Waals surface area contributed by atoms with Gasteiger partial charge in [-0.1, -0.05) is 26.0 Å². The standard InChI is InChI=1S/C14H19ClO3/c1-4-9-18-12-8-6-7-10(14(12)17-3)13(15)11(16)5-2/h6-8,13H,4-5,9H2,1-3H3. The molecule has 1 unspecified atom stereocenters. The molecule has 0 saturated heterocycles. The second kappa shape index (κ2) is 7.27. The number of halogens is 1. The predicted octanol–water partition coefficient (Wildman–Crippen LogP) is 3.74. The molecule has 1 rings (SSSR count). The fourth-order valence-electron chi connectivity index (χ4n) is 1.63. The van der Waals surface area contributed by atoms with E-state index in [4.69, 9.17) is 21.1 Å². The van der Waals surface area contributed by atoms with Gasteiger partial charge in [-0.15, -0.1) is 11.6 Å². The Morgan fingerprint density at radius 2 is 2.11 bits per heavy atom. The molecule has 0 bridgehead atoms. The van der Waals surface area contributed by atoms with Gasteiger partial charge < -0.3 is 9.47 Å². The summed E-state index contributed by atoms with van der Waals surface area (Å²) in [5.74, 6) is 1.15. The number of hydrogen-bond donors (Lipinski definition) is 0. The maximum absolute atomic E-state index is 11.7. The maximum atomic E-state index is 11.7. The van der Waals surface area contributed by atoms with Crippen LogP contribution >= 0.6 is 11.6 Å². The van der Waals surface area contributed by atoms with E-state index in [-0.39, 0.29) is 5.78 Å². The molecule has 18 heavy (non-hydrogen) atoms. The summed E-state index contributed by atoms with van der Waals surface area (Å²) in [6.45, 7) is 4.43. The lowest BCUT2D eigenvalue weighted by Gasteiger charge is -2.16. The highest BCUT2D eigenvalue weighted by Crippen LogP contribution is 2.38. The number of Topliss-reactive ketones (excluding diaryl/α,β-unsaturated/α-hetero) is 1. The lowest BCUT2D eigenvalue weighted by molar-refractivity contribution is -0.118. The largest absolute Gasteiger partial charge is 0.493 e. The normalized spacial score (nSPS) is 12.0. The number of para-hydroxylation sites is 1. The highest BCUT2D eigenvalue weighted by molar-refractivity contribution is 6.31. The van der Waals surface area contributed by atoms with Crippen molar-refractivity contribution in [3.05, 3.63) is 23.8 Å². The van der Waals surface area contributed by atoms with Gasteiger partial charge in [-0.05, 0) is 12.5 Å². The Morgan fingerprint density at radius 3 is 2.67 bits per heavy atom. The van der Waals surface area contributed by atoms with Gasteiger partial charge in [0.15, 0.2) is 17.3 Å². The van der Waals surface area contributed by atoms with E-state index in [2.05, 4.69) is 0 Å². The van der Waals surface area contributed by atoms with Gasteiger partial charge in [-0.3, -0.25) is 4.79 Å². The van der Waals surface area contributed by atoms with E-state index in [9.17, 15) is 4.79 Å². The van der Waals surface area contributed by atoms with Gasteiger partial charge in [-0.2, -0.15) is 0 Å². The van der Waals surface area contributed by atoms with Crippen LogP contribution < -0.4 is 9.47 Å². The second-order valence-electron chi connectivity index (χ2n) is 3.91. The number of alkyl halides is 1. The second-order valence-corrected chi connectivity index (χ2v) is 4.35. The molecule has 0 fully saturated rings. The van der Waals surface area contributed by atoms with Crippen LogP contribution in [0.4, 0.5) is 0 Å². The summed E-state index contributed by atoms with van der Waals surface area (Å²) in [6, 6.07) is 5.43. The average molecular weight is 271 g/mol. The van der Waals surface area contributed by atoms with Gasteiger partial charge in [-0.25, -0.2) is 0 Å². The molecule has 1 aromatic rings. The van der Waals surface area contributed by atoms with E-state index in [1.807, 2.05) is 19.1 Å². The fourth-order valence-corrected chi connectivity index (χ4v) is 1.96. The topological polar surface area (TPSA) is 35.5 Å². The molecule has 0 N–H and O–H groups in total. The van der Waals surface area contributed by atoms with Crippen LogP contribution in [0.2, 0.25) is 0 Å². The smallest absolute Gasteiger partial charge is 0.165 e. The molecule has 0 amide bonds. The summed E-state index contributed by atoms with van der Waals surface area (Å²) in [4.78, 5) is 11.7. The summed E-state index contributed by atoms with van der Waals surface area (Å²) in [7, 11) is 1.55. The van der Waals surface area contributed by atoms with Crippen molar-refractivity contribution in [2.24, 2.45) is 0 Å². The zero-order chi connectivity index (χ0) is 13.5. The van der Waals surface area contributed by atoms with Crippen molar-refractivity contribution in [3.8, 4) is 11.5 Å². The third-order valence-electron chi connectivity index (χ3n) is 2.58. The van der Waals surface area contributed by atoms with Gasteiger partial charge in [0.1, 0.15) is 5.38 Å². The fraction of sp³-hybridized carbons (Fsp3) is 0.500. The Kier molecular flexibility index (Phi) is 5.99. The minimum atomic E-state index is -0.685. The quantitative estimate of drug-likeness (QED) is 0.708. The zero-order valence-corrected chi connectivity index (χ0v) is 11.8. The Morgan fingerprint density at radius 1 is 1.39 bits per heavy atom. The number of rotatable bonds is 7. The first-order valence-corrected chi connectivity index (χ1v) is 6.55. The van der Waals surface area contributed by atoms with Crippen LogP contribution in [-0.2, 0) is 4.79 Å². The molecule has 0 heterocycles. The molecule has 0 aliphatic carbocycles. The number of carbonyl (C=O) groups is 1. The van der Waals surface area contributed by atoms with Crippen LogP contribution in [0.25, 0.3) is 0 Å². The molecule has 3 nitrogen and oxygen atoms in total. The average Bonchev–Trinajstić information content (AvgIpc) is 2.42. The Hall–Kier alpha value is -1.22. The lowest BCUT2D eigenvalue weighted by atomic mass is 10.1. The summed E-state index contributed by atoms with van der Waals surface area (Å²) in [5, 5.41) is -0.685. The first kappa shape index (κ1) is 14.8. The molecule has 1 atom stereocenters. The molecule has 1 aromatic carbocycles. The van der Waals surface area contributed by atoms with Crippen molar-refractivity contribution in [2.75, 3.05) is 13.7 Å². The molecule has 0 aliphatic heterocycles. The predicted molar refractivity (Wildman–Crippen MR) is 72.7 cm³/mol. The highest BCUT2D eigenvalue weighted by atomic mass is 35.5. The van der Waals surface area contributed by atoms with Gasteiger partial charge in [0.2, 0.25) is 0 Å². The van der Waals surface area contributed by atoms with E-state index < -0.39 is 5.38 Å². The summed E-state index contributed by atoms with van der Waals surface area (Å²) in [6.07, 6.45) is 1.31. The summed E-state index contributed by atoms with van der Waals surface area (Å²) < 4.78 is 10.9. The van der Waals surface area contributed by atoms with Crippen LogP contribution in [0, 0.1) is 0 Å². The van der Waals surface area contributed by atoms with Gasteiger partial charge >= 0.3 is 0 Å². The van der Waals surface area contributed by atoms with Crippen molar-refractivity contribution >= 4 is 17.4 Å². The van der Waals surface area contributed by atoms with Gasteiger partial charge in [0.25, 0.3) is 0 Å². The molecule has 0 spiro atoms. The lowest BCUT2D eigenvalue weighted by Crippen LogP contribution is -2.08. The minimum absolute atomic E-state index is 0.0254. The minimum Gasteiger partial charge on any atom is -0.493 e. The van der Waals surface area contributed by atoms with E-state index in [0.717, 1.165) is 6.42 Å². The monoisotopic (exact) mass is 270 g/mol. The molecule has 0 aromatic heterocycles. The third-order valence-corrected chi connectivity index (χ3v) is 3.06. The number of methoxy groups -OCH3 is 1. The van der Waals surface area contributed by atoms with Crippen LogP contribution in [0.1, 0.15) is 37.6 Å². The number of carbonyl (C=O) groups excluding carboxylic acids is 1. The van der Waals surface area contributed by atoms with Gasteiger partial charge in [0.05, 0.1) is 13.7 Å². The number of benzene rings is 1. The number of ether oxygens (including phenoxy) is 2. The van der Waals surface area contributed by atoms with Crippen LogP contribution in [0.3, 0.4) is 0 Å². The Labute approximate surface area is 113 Å². The van der Waals surface area contributed by atoms with Crippen molar-refractivity contribution in [2.45, 2.75) is 32.1 Å². The SMILES string of the molecule is CCCOc1cccc(C(Cl)C(=O)CC)c1OC. The van der Waals surface area contributed by atoms with E-state index in [1.165, 1.54) is 0 Å². The van der Waals surface area contributed by atoms with Crippen LogP contribution in [0.15, 0.2) is 18.2 Å². The van der Waals surface area contributed by atoms with E-state index in [1.54, 1.807) is 20.1 Å². The third kappa shape index (κ3) is 3.39. The van der Waals surface area contributed by atoms with E-state index in [0.29, 0.717) is 30.1 Å². The van der Waals surface area contributed by atoms with Crippen molar-refractivity contribution in [1.29, 1.82) is 0 Å². The molecule has 0 radical (unpaired) electrons. The molecule has 0 aliphatic rings. The Bertz CT molecular complexity index is 404. The van der Waals surface area contributed by atoms with Crippen molar-refractivity contribution in [3.63, 3.8) is 0 Å². The van der Waals surface area contributed by atoms with Crippen molar-refractivity contribution < 1.29 is 14.3 Å². The first-order chi connectivity index (χ1) is 8.65. The maximum Gasteiger partial charge on any atom is 0.165 e. The Balaban J connectivity index is 3.07. The first-order valence-electron chi connectivity index (χ1n) is 6.12. The molecular formula is C14H19ClO3. The summed E-state index contributed by atoms with van der Waals surface area (Å²) >= 11 is 6.16. The number of ketones is 1. The zero-order valence-electron chi connectivity index (χ0n) is 11.0. The summed E-state index contributed by atoms with van der Waals surface area (Å²) in [5.41, 5.74) is 0.666. The molecule has 4 heteroatoms. The molecule has 100 valence electrons. The number of hydrogen-bond acceptors (Lipinski definition) is 3. The van der Waals surface area contributed by atoms with Crippen molar-refractivity contribution in [1.82, 2.24) is 0 Å². The molecular weight excluding hydrogens is 252 g/mol. The molecule has 0 saturated carbocycles. The van der Waals surface area contributed by atoms with Crippen LogP contribution in [-0.4, -0.2) is 19.5 Å². The van der Waals surface area contributed by atoms with Crippen LogP contribution in [0.5, 0.6) is 11.5 Å².